The zero-order valence-electron chi connectivity index (χ0n) is 22.9. The van der Waals surface area contributed by atoms with Crippen molar-refractivity contribution >= 4 is 18.0 Å². The number of likely N-dealkylation sites (tertiary alicyclic amines) is 1. The molecule has 3 atom stereocenters. The number of hydrogen-bond donors (Lipinski definition) is 1. The van der Waals surface area contributed by atoms with Crippen molar-refractivity contribution in [3.05, 3.63) is 59.5 Å². The van der Waals surface area contributed by atoms with Crippen LogP contribution in [0.4, 0.5) is 4.79 Å². The standard InChI is InChI=1S/C30H40N2O6/c1-20-15-18-25(37-20)23-16-17-24(28(34)36-19-21-11-7-5-8-12-21)32(23)27(33)26(22-13-9-6-10-14-22)31-29(35)38-30(2,3)4/h5,7-8,11-12,15,18,22-24,26H,6,9-10,13-14,16-17,19H2,1-4H3,(H,31,35)/t23-,24+,26+/m1/s1. The Labute approximate surface area is 225 Å². The Morgan fingerprint density at radius 1 is 1.00 bits per heavy atom. The van der Waals surface area contributed by atoms with Crippen molar-refractivity contribution in [3.63, 3.8) is 0 Å². The van der Waals surface area contributed by atoms with Crippen LogP contribution in [0.2, 0.25) is 0 Å². The summed E-state index contributed by atoms with van der Waals surface area (Å²) in [7, 11) is 0. The van der Waals surface area contributed by atoms with Crippen molar-refractivity contribution in [1.29, 1.82) is 0 Å². The number of nitrogens with one attached hydrogen (secondary N) is 1. The molecule has 2 aliphatic rings. The molecule has 1 N–H and O–H groups in total. The number of benzene rings is 1. The van der Waals surface area contributed by atoms with Crippen LogP contribution in [0.25, 0.3) is 0 Å². The second-order valence-corrected chi connectivity index (χ2v) is 11.4. The molecule has 1 aromatic carbocycles. The number of hydrogen-bond acceptors (Lipinski definition) is 6. The third-order valence-corrected chi connectivity index (χ3v) is 7.28. The van der Waals surface area contributed by atoms with Gasteiger partial charge in [0.25, 0.3) is 0 Å². The van der Waals surface area contributed by atoms with Gasteiger partial charge in [0, 0.05) is 0 Å². The van der Waals surface area contributed by atoms with Gasteiger partial charge in [-0.3, -0.25) is 4.79 Å². The molecule has 1 aliphatic carbocycles. The highest BCUT2D eigenvalue weighted by Gasteiger charge is 2.47. The van der Waals surface area contributed by atoms with Gasteiger partial charge in [0.1, 0.15) is 35.8 Å². The molecule has 2 heterocycles. The molecule has 1 aromatic heterocycles. The number of ether oxygens (including phenoxy) is 2. The molecule has 206 valence electrons. The third-order valence-electron chi connectivity index (χ3n) is 7.28. The summed E-state index contributed by atoms with van der Waals surface area (Å²) in [5.74, 6) is 0.588. The number of amides is 2. The monoisotopic (exact) mass is 524 g/mol. The van der Waals surface area contributed by atoms with Crippen LogP contribution in [0, 0.1) is 12.8 Å². The molecule has 2 fully saturated rings. The van der Waals surface area contributed by atoms with Crippen molar-refractivity contribution in [2.75, 3.05) is 0 Å². The van der Waals surface area contributed by atoms with Crippen LogP contribution in [-0.2, 0) is 25.7 Å². The molecule has 1 aliphatic heterocycles. The molecule has 38 heavy (non-hydrogen) atoms. The highest BCUT2D eigenvalue weighted by atomic mass is 16.6. The summed E-state index contributed by atoms with van der Waals surface area (Å²) < 4.78 is 17.1. The van der Waals surface area contributed by atoms with E-state index in [0.717, 1.165) is 43.4 Å². The predicted octanol–water partition coefficient (Wildman–Crippen LogP) is 5.84. The van der Waals surface area contributed by atoms with Gasteiger partial charge < -0.3 is 24.1 Å². The van der Waals surface area contributed by atoms with Gasteiger partial charge in [-0.2, -0.15) is 0 Å². The zero-order valence-corrected chi connectivity index (χ0v) is 22.9. The van der Waals surface area contributed by atoms with E-state index in [1.165, 1.54) is 0 Å². The van der Waals surface area contributed by atoms with Crippen LogP contribution < -0.4 is 5.32 Å². The van der Waals surface area contributed by atoms with E-state index < -0.39 is 35.8 Å². The molecule has 1 saturated carbocycles. The van der Waals surface area contributed by atoms with Crippen molar-refractivity contribution in [2.24, 2.45) is 5.92 Å². The minimum atomic E-state index is -0.800. The van der Waals surface area contributed by atoms with Gasteiger partial charge >= 0.3 is 12.1 Å². The van der Waals surface area contributed by atoms with E-state index in [4.69, 9.17) is 13.9 Å². The first-order valence-corrected chi connectivity index (χ1v) is 13.7. The van der Waals surface area contributed by atoms with Crippen molar-refractivity contribution in [2.45, 2.75) is 103 Å². The topological polar surface area (TPSA) is 98.1 Å². The van der Waals surface area contributed by atoms with Crippen LogP contribution in [0.15, 0.2) is 46.9 Å². The maximum Gasteiger partial charge on any atom is 0.408 e. The largest absolute Gasteiger partial charge is 0.464 e. The quantitative estimate of drug-likeness (QED) is 0.457. The van der Waals surface area contributed by atoms with E-state index in [1.54, 1.807) is 25.7 Å². The lowest BCUT2D eigenvalue weighted by Crippen LogP contribution is -2.56. The lowest BCUT2D eigenvalue weighted by Gasteiger charge is -2.36. The maximum atomic E-state index is 14.3. The van der Waals surface area contributed by atoms with E-state index in [1.807, 2.05) is 49.4 Å². The summed E-state index contributed by atoms with van der Waals surface area (Å²) in [6, 6.07) is 11.2. The molecule has 0 bridgehead atoms. The first-order valence-electron chi connectivity index (χ1n) is 13.7. The lowest BCUT2D eigenvalue weighted by molar-refractivity contribution is -0.157. The van der Waals surface area contributed by atoms with Crippen LogP contribution in [0.5, 0.6) is 0 Å². The van der Waals surface area contributed by atoms with E-state index in [2.05, 4.69) is 5.32 Å². The highest BCUT2D eigenvalue weighted by molar-refractivity contribution is 5.91. The Morgan fingerprint density at radius 3 is 2.34 bits per heavy atom. The zero-order chi connectivity index (χ0) is 27.3. The number of rotatable bonds is 7. The number of esters is 1. The second-order valence-electron chi connectivity index (χ2n) is 11.4. The predicted molar refractivity (Wildman–Crippen MR) is 142 cm³/mol. The number of nitrogens with zero attached hydrogens (tertiary/aromatic N) is 1. The summed E-state index contributed by atoms with van der Waals surface area (Å²) in [4.78, 5) is 42.1. The molecule has 2 aromatic rings. The molecule has 8 nitrogen and oxygen atoms in total. The van der Waals surface area contributed by atoms with Crippen molar-refractivity contribution in [3.8, 4) is 0 Å². The highest BCUT2D eigenvalue weighted by Crippen LogP contribution is 2.39. The molecular formula is C30H40N2O6. The molecule has 2 amide bonds. The minimum absolute atomic E-state index is 0.0376. The molecule has 0 unspecified atom stereocenters. The summed E-state index contributed by atoms with van der Waals surface area (Å²) >= 11 is 0. The average Bonchev–Trinajstić information content (AvgIpc) is 3.52. The lowest BCUT2D eigenvalue weighted by atomic mass is 9.83. The minimum Gasteiger partial charge on any atom is -0.464 e. The van der Waals surface area contributed by atoms with Crippen LogP contribution in [0.1, 0.15) is 88.8 Å². The van der Waals surface area contributed by atoms with Gasteiger partial charge in [-0.15, -0.1) is 0 Å². The van der Waals surface area contributed by atoms with Gasteiger partial charge in [-0.25, -0.2) is 9.59 Å². The molecule has 4 rings (SSSR count). The van der Waals surface area contributed by atoms with Crippen molar-refractivity contribution < 1.29 is 28.3 Å². The van der Waals surface area contributed by atoms with E-state index in [9.17, 15) is 14.4 Å². The maximum absolute atomic E-state index is 14.3. The van der Waals surface area contributed by atoms with Gasteiger partial charge in [-0.05, 0) is 77.0 Å². The Kier molecular flexibility index (Phi) is 8.80. The van der Waals surface area contributed by atoms with E-state index in [-0.39, 0.29) is 18.4 Å². The summed E-state index contributed by atoms with van der Waals surface area (Å²) in [6.45, 7) is 7.35. The van der Waals surface area contributed by atoms with Crippen molar-refractivity contribution in [1.82, 2.24) is 10.2 Å². The summed E-state index contributed by atoms with van der Waals surface area (Å²) in [5, 5.41) is 2.88. The molecule has 0 radical (unpaired) electrons. The summed E-state index contributed by atoms with van der Waals surface area (Å²) in [6.07, 6.45) is 5.13. The third kappa shape index (κ3) is 6.97. The number of carbonyl (C=O) groups is 3. The number of carbonyl (C=O) groups excluding carboxylic acids is 3. The summed E-state index contributed by atoms with van der Waals surface area (Å²) in [5.41, 5.74) is 0.178. The normalized spacial score (nSPS) is 21.1. The number of aryl methyl sites for hydroxylation is 1. The van der Waals surface area contributed by atoms with Crippen LogP contribution in [0.3, 0.4) is 0 Å². The smallest absolute Gasteiger partial charge is 0.408 e. The second kappa shape index (κ2) is 12.0. The number of furan rings is 1. The fourth-order valence-electron chi connectivity index (χ4n) is 5.53. The fourth-order valence-corrected chi connectivity index (χ4v) is 5.53. The first kappa shape index (κ1) is 27.7. The first-order chi connectivity index (χ1) is 18.1. The van der Waals surface area contributed by atoms with E-state index in [0.29, 0.717) is 18.6 Å². The van der Waals surface area contributed by atoms with E-state index >= 15 is 0 Å². The average molecular weight is 525 g/mol. The molecular weight excluding hydrogens is 484 g/mol. The van der Waals surface area contributed by atoms with Gasteiger partial charge in [-0.1, -0.05) is 49.6 Å². The van der Waals surface area contributed by atoms with Gasteiger partial charge in [0.15, 0.2) is 0 Å². The van der Waals surface area contributed by atoms with Gasteiger partial charge in [0.05, 0.1) is 6.04 Å². The fraction of sp³-hybridized carbons (Fsp3) is 0.567. The molecule has 1 saturated heterocycles. The Morgan fingerprint density at radius 2 is 1.71 bits per heavy atom. The Balaban J connectivity index is 1.60. The Hall–Kier alpha value is -3.29. The molecule has 8 heteroatoms. The molecule has 0 spiro atoms. The number of alkyl carbamates (subject to hydrolysis) is 1. The Bertz CT molecular complexity index is 1100. The van der Waals surface area contributed by atoms with Crippen LogP contribution in [-0.4, -0.2) is 40.6 Å². The van der Waals surface area contributed by atoms with Crippen LogP contribution >= 0.6 is 0 Å². The SMILES string of the molecule is Cc1ccc([C@H]2CC[C@@H](C(=O)OCc3ccccc3)N2C(=O)[C@@H](NC(=O)OC(C)(C)C)C2CCCCC2)o1. The van der Waals surface area contributed by atoms with Gasteiger partial charge in [0.2, 0.25) is 5.91 Å².